The molecule has 2 rings (SSSR count). The maximum atomic E-state index is 13.0. The SMILES string of the molecule is Cc1cc(F)ccc1CN(C)CC1CCNCC1.Cl. The van der Waals surface area contributed by atoms with Crippen molar-refractivity contribution in [2.24, 2.45) is 5.92 Å². The van der Waals surface area contributed by atoms with Crippen LogP contribution in [-0.4, -0.2) is 31.6 Å². The van der Waals surface area contributed by atoms with E-state index in [-0.39, 0.29) is 18.2 Å². The molecule has 0 aromatic heterocycles. The molecule has 0 spiro atoms. The molecule has 4 heteroatoms. The number of aryl methyl sites for hydroxylation is 1. The highest BCUT2D eigenvalue weighted by molar-refractivity contribution is 5.85. The molecule has 0 atom stereocenters. The van der Waals surface area contributed by atoms with E-state index in [0.29, 0.717) is 0 Å². The molecule has 1 heterocycles. The molecule has 1 aromatic rings. The van der Waals surface area contributed by atoms with Gasteiger partial charge in [-0.15, -0.1) is 12.4 Å². The van der Waals surface area contributed by atoms with Crippen molar-refractivity contribution in [3.63, 3.8) is 0 Å². The van der Waals surface area contributed by atoms with Crippen LogP contribution in [0.15, 0.2) is 18.2 Å². The molecule has 1 aliphatic rings. The molecule has 1 saturated heterocycles. The topological polar surface area (TPSA) is 15.3 Å². The van der Waals surface area contributed by atoms with Gasteiger partial charge in [-0.05, 0) is 69.1 Å². The number of benzene rings is 1. The van der Waals surface area contributed by atoms with Crippen LogP contribution < -0.4 is 5.32 Å². The first-order valence-electron chi connectivity index (χ1n) is 6.79. The van der Waals surface area contributed by atoms with E-state index in [9.17, 15) is 4.39 Å². The predicted molar refractivity (Wildman–Crippen MR) is 80.3 cm³/mol. The number of nitrogens with zero attached hydrogens (tertiary/aromatic N) is 1. The number of nitrogens with one attached hydrogen (secondary N) is 1. The first-order chi connectivity index (χ1) is 8.65. The van der Waals surface area contributed by atoms with E-state index >= 15 is 0 Å². The second-order valence-electron chi connectivity index (χ2n) is 5.46. The Morgan fingerprint density at radius 1 is 1.32 bits per heavy atom. The molecular weight excluding hydrogens is 263 g/mol. The molecule has 1 aromatic carbocycles. The van der Waals surface area contributed by atoms with Crippen molar-refractivity contribution in [1.82, 2.24) is 10.2 Å². The molecule has 1 aliphatic heterocycles. The molecule has 2 nitrogen and oxygen atoms in total. The summed E-state index contributed by atoms with van der Waals surface area (Å²) < 4.78 is 13.0. The Hall–Kier alpha value is -0.640. The summed E-state index contributed by atoms with van der Waals surface area (Å²) in [4.78, 5) is 2.36. The van der Waals surface area contributed by atoms with Crippen LogP contribution in [0.25, 0.3) is 0 Å². The zero-order valence-electron chi connectivity index (χ0n) is 11.8. The average molecular weight is 287 g/mol. The first kappa shape index (κ1) is 16.4. The van der Waals surface area contributed by atoms with Crippen LogP contribution in [0.1, 0.15) is 24.0 Å². The van der Waals surface area contributed by atoms with Crippen LogP contribution in [0.3, 0.4) is 0 Å². The molecule has 0 unspecified atom stereocenters. The van der Waals surface area contributed by atoms with Gasteiger partial charge in [0.15, 0.2) is 0 Å². The Balaban J connectivity index is 0.00000180. The maximum Gasteiger partial charge on any atom is 0.123 e. The molecule has 108 valence electrons. The first-order valence-corrected chi connectivity index (χ1v) is 6.79. The van der Waals surface area contributed by atoms with Gasteiger partial charge in [-0.25, -0.2) is 4.39 Å². The van der Waals surface area contributed by atoms with E-state index in [1.54, 1.807) is 12.1 Å². The second kappa shape index (κ2) is 7.83. The van der Waals surface area contributed by atoms with Gasteiger partial charge >= 0.3 is 0 Å². The van der Waals surface area contributed by atoms with Gasteiger partial charge in [-0.1, -0.05) is 6.07 Å². The molecule has 19 heavy (non-hydrogen) atoms. The fourth-order valence-electron chi connectivity index (χ4n) is 2.70. The Morgan fingerprint density at radius 2 is 2.00 bits per heavy atom. The molecule has 0 amide bonds. The molecular formula is C15H24ClFN2. The fraction of sp³-hybridized carbons (Fsp3) is 0.600. The van der Waals surface area contributed by atoms with Crippen LogP contribution >= 0.6 is 12.4 Å². The number of piperidine rings is 1. The van der Waals surface area contributed by atoms with Crippen molar-refractivity contribution in [2.45, 2.75) is 26.3 Å². The van der Waals surface area contributed by atoms with Crippen molar-refractivity contribution < 1.29 is 4.39 Å². The summed E-state index contributed by atoms with van der Waals surface area (Å²) in [6, 6.07) is 5.08. The van der Waals surface area contributed by atoms with Crippen LogP contribution in [-0.2, 0) is 6.54 Å². The Bertz CT molecular complexity index is 392. The van der Waals surface area contributed by atoms with Gasteiger partial charge in [-0.3, -0.25) is 0 Å². The van der Waals surface area contributed by atoms with Gasteiger partial charge in [0.2, 0.25) is 0 Å². The lowest BCUT2D eigenvalue weighted by molar-refractivity contribution is 0.234. The zero-order valence-corrected chi connectivity index (χ0v) is 12.6. The van der Waals surface area contributed by atoms with Crippen LogP contribution in [0.5, 0.6) is 0 Å². The number of halogens is 2. The molecule has 1 N–H and O–H groups in total. The van der Waals surface area contributed by atoms with E-state index in [1.165, 1.54) is 18.4 Å². The largest absolute Gasteiger partial charge is 0.317 e. The highest BCUT2D eigenvalue weighted by Crippen LogP contribution is 2.16. The van der Waals surface area contributed by atoms with Crippen molar-refractivity contribution in [3.05, 3.63) is 35.1 Å². The summed E-state index contributed by atoms with van der Waals surface area (Å²) in [6.45, 7) is 6.33. The summed E-state index contributed by atoms with van der Waals surface area (Å²) in [5.74, 6) is 0.661. The van der Waals surface area contributed by atoms with Gasteiger partial charge < -0.3 is 10.2 Å². The van der Waals surface area contributed by atoms with Crippen LogP contribution in [0, 0.1) is 18.7 Å². The van der Waals surface area contributed by atoms with Crippen molar-refractivity contribution >= 4 is 12.4 Å². The fourth-order valence-corrected chi connectivity index (χ4v) is 2.70. The summed E-state index contributed by atoms with van der Waals surface area (Å²) in [5.41, 5.74) is 2.28. The Kier molecular flexibility index (Phi) is 6.76. The minimum atomic E-state index is -0.141. The third-order valence-electron chi connectivity index (χ3n) is 3.77. The second-order valence-corrected chi connectivity index (χ2v) is 5.46. The zero-order chi connectivity index (χ0) is 13.0. The van der Waals surface area contributed by atoms with Gasteiger partial charge in [0.05, 0.1) is 0 Å². The summed E-state index contributed by atoms with van der Waals surface area (Å²) >= 11 is 0. The van der Waals surface area contributed by atoms with Crippen molar-refractivity contribution in [2.75, 3.05) is 26.7 Å². The monoisotopic (exact) mass is 286 g/mol. The lowest BCUT2D eigenvalue weighted by Gasteiger charge is -2.27. The van der Waals surface area contributed by atoms with Gasteiger partial charge in [-0.2, -0.15) is 0 Å². The number of rotatable bonds is 4. The smallest absolute Gasteiger partial charge is 0.123 e. The minimum Gasteiger partial charge on any atom is -0.317 e. The number of hydrogen-bond acceptors (Lipinski definition) is 2. The Labute approximate surface area is 121 Å². The molecule has 0 radical (unpaired) electrons. The Morgan fingerprint density at radius 3 is 2.63 bits per heavy atom. The van der Waals surface area contributed by atoms with E-state index in [1.807, 2.05) is 13.0 Å². The average Bonchev–Trinajstić information content (AvgIpc) is 2.34. The third-order valence-corrected chi connectivity index (χ3v) is 3.77. The lowest BCUT2D eigenvalue weighted by atomic mass is 9.97. The molecule has 0 aliphatic carbocycles. The predicted octanol–water partition coefficient (Wildman–Crippen LogP) is 2.99. The van der Waals surface area contributed by atoms with E-state index in [2.05, 4.69) is 17.3 Å². The van der Waals surface area contributed by atoms with Crippen molar-refractivity contribution in [1.29, 1.82) is 0 Å². The van der Waals surface area contributed by atoms with Gasteiger partial charge in [0, 0.05) is 13.1 Å². The van der Waals surface area contributed by atoms with Gasteiger partial charge in [0.1, 0.15) is 5.82 Å². The normalized spacial score (nSPS) is 16.4. The summed E-state index contributed by atoms with van der Waals surface area (Å²) in [5, 5.41) is 3.39. The number of hydrogen-bond donors (Lipinski definition) is 1. The lowest BCUT2D eigenvalue weighted by Crippen LogP contribution is -2.34. The standard InChI is InChI=1S/C15H23FN2.ClH/c1-12-9-15(16)4-3-14(12)11-18(2)10-13-5-7-17-8-6-13;/h3-4,9,13,17H,5-8,10-11H2,1-2H3;1H. The van der Waals surface area contributed by atoms with Crippen LogP contribution in [0.4, 0.5) is 4.39 Å². The molecule has 0 bridgehead atoms. The molecule has 0 saturated carbocycles. The van der Waals surface area contributed by atoms with E-state index < -0.39 is 0 Å². The minimum absolute atomic E-state index is 0. The van der Waals surface area contributed by atoms with E-state index in [4.69, 9.17) is 0 Å². The summed E-state index contributed by atoms with van der Waals surface area (Å²) in [6.07, 6.45) is 2.54. The summed E-state index contributed by atoms with van der Waals surface area (Å²) in [7, 11) is 2.16. The highest BCUT2D eigenvalue weighted by atomic mass is 35.5. The van der Waals surface area contributed by atoms with Gasteiger partial charge in [0.25, 0.3) is 0 Å². The molecule has 1 fully saturated rings. The van der Waals surface area contributed by atoms with E-state index in [0.717, 1.165) is 37.7 Å². The third kappa shape index (κ3) is 5.09. The van der Waals surface area contributed by atoms with Crippen molar-refractivity contribution in [3.8, 4) is 0 Å². The maximum absolute atomic E-state index is 13.0. The van der Waals surface area contributed by atoms with Crippen LogP contribution in [0.2, 0.25) is 0 Å². The highest BCUT2D eigenvalue weighted by Gasteiger charge is 2.15. The quantitative estimate of drug-likeness (QED) is 0.915.